The lowest BCUT2D eigenvalue weighted by Crippen LogP contribution is -2.36. The zero-order valence-corrected chi connectivity index (χ0v) is 9.78. The van der Waals surface area contributed by atoms with Gasteiger partial charge in [-0.05, 0) is 26.3 Å². The minimum Gasteiger partial charge on any atom is -0.481 e. The van der Waals surface area contributed by atoms with Gasteiger partial charge in [0.25, 0.3) is 0 Å². The average molecular weight is 217 g/mol. The molecule has 0 saturated heterocycles. The fourth-order valence-corrected chi connectivity index (χ4v) is 1.56. The van der Waals surface area contributed by atoms with E-state index < -0.39 is 5.97 Å². The van der Waals surface area contributed by atoms with Gasteiger partial charge in [0.05, 0.1) is 6.61 Å². The van der Waals surface area contributed by atoms with E-state index in [0.717, 1.165) is 19.4 Å². The summed E-state index contributed by atoms with van der Waals surface area (Å²) in [5.41, 5.74) is 0. The lowest BCUT2D eigenvalue weighted by atomic mass is 10.1. The van der Waals surface area contributed by atoms with Crippen molar-refractivity contribution in [3.63, 3.8) is 0 Å². The van der Waals surface area contributed by atoms with E-state index in [4.69, 9.17) is 10.2 Å². The minimum atomic E-state index is -0.749. The van der Waals surface area contributed by atoms with Crippen molar-refractivity contribution in [3.05, 3.63) is 0 Å². The molecule has 0 aromatic carbocycles. The summed E-state index contributed by atoms with van der Waals surface area (Å²) in [6.45, 7) is 5.87. The number of carboxylic acid groups (broad SMARTS) is 1. The lowest BCUT2D eigenvalue weighted by Gasteiger charge is -2.27. The second kappa shape index (κ2) is 8.68. The second-order valence-corrected chi connectivity index (χ2v) is 3.89. The van der Waals surface area contributed by atoms with Gasteiger partial charge in [0.1, 0.15) is 0 Å². The van der Waals surface area contributed by atoms with E-state index in [0.29, 0.717) is 13.0 Å². The average Bonchev–Trinajstić information content (AvgIpc) is 2.20. The van der Waals surface area contributed by atoms with Crippen molar-refractivity contribution in [1.29, 1.82) is 0 Å². The molecule has 0 aromatic rings. The predicted octanol–water partition coefficient (Wildman–Crippen LogP) is 1.33. The molecule has 0 saturated carbocycles. The summed E-state index contributed by atoms with van der Waals surface area (Å²) in [6.07, 6.45) is 3.07. The number of carbonyl (C=O) groups is 1. The molecule has 0 heterocycles. The molecule has 0 aromatic heterocycles. The summed E-state index contributed by atoms with van der Waals surface area (Å²) in [7, 11) is 0. The summed E-state index contributed by atoms with van der Waals surface area (Å²) < 4.78 is 0. The van der Waals surface area contributed by atoms with Gasteiger partial charge in [0, 0.05) is 19.0 Å². The van der Waals surface area contributed by atoms with Crippen LogP contribution in [0.2, 0.25) is 0 Å². The topological polar surface area (TPSA) is 60.8 Å². The number of unbranched alkanes of at least 4 members (excludes halogenated alkanes) is 1. The van der Waals surface area contributed by atoms with Crippen molar-refractivity contribution in [2.24, 2.45) is 0 Å². The van der Waals surface area contributed by atoms with Crippen molar-refractivity contribution in [2.45, 2.75) is 45.6 Å². The molecular weight excluding hydrogens is 194 g/mol. The summed E-state index contributed by atoms with van der Waals surface area (Å²) in [5, 5.41) is 17.5. The highest BCUT2D eigenvalue weighted by Gasteiger charge is 2.13. The van der Waals surface area contributed by atoms with Gasteiger partial charge in [-0.2, -0.15) is 0 Å². The molecular formula is C11H23NO3. The molecule has 0 radical (unpaired) electrons. The molecule has 0 aliphatic rings. The molecule has 0 rings (SSSR count). The first-order chi connectivity index (χ1) is 7.11. The fourth-order valence-electron chi connectivity index (χ4n) is 1.56. The van der Waals surface area contributed by atoms with Crippen LogP contribution in [0.4, 0.5) is 0 Å². The smallest absolute Gasteiger partial charge is 0.303 e. The third-order valence-electron chi connectivity index (χ3n) is 2.59. The first kappa shape index (κ1) is 14.4. The van der Waals surface area contributed by atoms with Gasteiger partial charge in [-0.1, -0.05) is 13.3 Å². The van der Waals surface area contributed by atoms with Crippen LogP contribution in [0.15, 0.2) is 0 Å². The number of hydrogen-bond donors (Lipinski definition) is 2. The Morgan fingerprint density at radius 2 is 2.07 bits per heavy atom. The highest BCUT2D eigenvalue weighted by atomic mass is 16.4. The SMILES string of the molecule is CCCCN(CCO)C(C)CCC(=O)O. The van der Waals surface area contributed by atoms with Crippen LogP contribution < -0.4 is 0 Å². The normalized spacial score (nSPS) is 13.1. The van der Waals surface area contributed by atoms with Gasteiger partial charge in [-0.25, -0.2) is 0 Å². The van der Waals surface area contributed by atoms with Crippen molar-refractivity contribution >= 4 is 5.97 Å². The molecule has 15 heavy (non-hydrogen) atoms. The third kappa shape index (κ3) is 7.33. The molecule has 0 amide bonds. The number of hydrogen-bond acceptors (Lipinski definition) is 3. The Bertz CT molecular complexity index is 173. The maximum absolute atomic E-state index is 10.4. The molecule has 0 spiro atoms. The van der Waals surface area contributed by atoms with Crippen LogP contribution in [0, 0.1) is 0 Å². The predicted molar refractivity (Wildman–Crippen MR) is 59.9 cm³/mol. The van der Waals surface area contributed by atoms with Crippen LogP contribution in [0.1, 0.15) is 39.5 Å². The molecule has 90 valence electrons. The summed E-state index contributed by atoms with van der Waals surface area (Å²) in [6, 6.07) is 0.236. The van der Waals surface area contributed by atoms with E-state index in [1.807, 2.05) is 6.92 Å². The Morgan fingerprint density at radius 3 is 2.53 bits per heavy atom. The number of nitrogens with zero attached hydrogens (tertiary/aromatic N) is 1. The van der Waals surface area contributed by atoms with E-state index >= 15 is 0 Å². The maximum Gasteiger partial charge on any atom is 0.303 e. The first-order valence-corrected chi connectivity index (χ1v) is 5.68. The van der Waals surface area contributed by atoms with Crippen LogP contribution in [0.25, 0.3) is 0 Å². The molecule has 1 atom stereocenters. The van der Waals surface area contributed by atoms with Crippen LogP contribution in [0.5, 0.6) is 0 Å². The largest absolute Gasteiger partial charge is 0.481 e. The maximum atomic E-state index is 10.4. The number of aliphatic carboxylic acids is 1. The quantitative estimate of drug-likeness (QED) is 0.611. The van der Waals surface area contributed by atoms with Crippen molar-refractivity contribution in [1.82, 2.24) is 4.90 Å². The van der Waals surface area contributed by atoms with E-state index in [2.05, 4.69) is 11.8 Å². The number of carboxylic acids is 1. The van der Waals surface area contributed by atoms with Crippen LogP contribution in [0.3, 0.4) is 0 Å². The standard InChI is InChI=1S/C11H23NO3/c1-3-4-7-12(8-9-13)10(2)5-6-11(14)15/h10,13H,3-9H2,1-2H3,(H,14,15). The first-order valence-electron chi connectivity index (χ1n) is 5.68. The molecule has 0 bridgehead atoms. The van der Waals surface area contributed by atoms with Gasteiger partial charge in [-0.15, -0.1) is 0 Å². The van der Waals surface area contributed by atoms with E-state index in [-0.39, 0.29) is 19.1 Å². The lowest BCUT2D eigenvalue weighted by molar-refractivity contribution is -0.137. The molecule has 4 nitrogen and oxygen atoms in total. The molecule has 0 aliphatic heterocycles. The van der Waals surface area contributed by atoms with Gasteiger partial charge >= 0.3 is 5.97 Å². The van der Waals surface area contributed by atoms with Crippen LogP contribution in [-0.2, 0) is 4.79 Å². The zero-order chi connectivity index (χ0) is 11.7. The highest BCUT2D eigenvalue weighted by Crippen LogP contribution is 2.07. The third-order valence-corrected chi connectivity index (χ3v) is 2.59. The molecule has 2 N–H and O–H groups in total. The fraction of sp³-hybridized carbons (Fsp3) is 0.909. The van der Waals surface area contributed by atoms with Gasteiger partial charge in [-0.3, -0.25) is 9.69 Å². The van der Waals surface area contributed by atoms with E-state index in [1.165, 1.54) is 0 Å². The molecule has 4 heteroatoms. The van der Waals surface area contributed by atoms with Gasteiger partial charge in [0.15, 0.2) is 0 Å². The van der Waals surface area contributed by atoms with Gasteiger partial charge < -0.3 is 10.2 Å². The van der Waals surface area contributed by atoms with Crippen LogP contribution in [-0.4, -0.2) is 46.8 Å². The molecule has 0 fully saturated rings. The minimum absolute atomic E-state index is 0.140. The molecule has 0 aliphatic carbocycles. The van der Waals surface area contributed by atoms with Crippen molar-refractivity contribution in [2.75, 3.05) is 19.7 Å². The summed E-state index contributed by atoms with van der Waals surface area (Å²) >= 11 is 0. The van der Waals surface area contributed by atoms with Crippen molar-refractivity contribution < 1.29 is 15.0 Å². The summed E-state index contributed by atoms with van der Waals surface area (Å²) in [4.78, 5) is 12.6. The Hall–Kier alpha value is -0.610. The highest BCUT2D eigenvalue weighted by molar-refractivity contribution is 5.66. The number of aliphatic hydroxyl groups excluding tert-OH is 1. The Labute approximate surface area is 91.9 Å². The number of rotatable bonds is 9. The molecule has 1 unspecified atom stereocenters. The second-order valence-electron chi connectivity index (χ2n) is 3.89. The van der Waals surface area contributed by atoms with Gasteiger partial charge in [0.2, 0.25) is 0 Å². The Kier molecular flexibility index (Phi) is 8.33. The Balaban J connectivity index is 3.91. The monoisotopic (exact) mass is 217 g/mol. The Morgan fingerprint density at radius 1 is 1.40 bits per heavy atom. The number of aliphatic hydroxyl groups is 1. The van der Waals surface area contributed by atoms with E-state index in [9.17, 15) is 4.79 Å². The van der Waals surface area contributed by atoms with Crippen molar-refractivity contribution in [3.8, 4) is 0 Å². The zero-order valence-electron chi connectivity index (χ0n) is 9.78. The van der Waals surface area contributed by atoms with Crippen LogP contribution >= 0.6 is 0 Å². The van der Waals surface area contributed by atoms with E-state index in [1.54, 1.807) is 0 Å². The summed E-state index contributed by atoms with van der Waals surface area (Å²) in [5.74, 6) is -0.749.